The first-order valence-electron chi connectivity index (χ1n) is 6.69. The summed E-state index contributed by atoms with van der Waals surface area (Å²) < 4.78 is 18.5. The van der Waals surface area contributed by atoms with E-state index in [2.05, 4.69) is 29.1 Å². The number of halogens is 2. The highest BCUT2D eigenvalue weighted by atomic mass is 35.5. The minimum Gasteiger partial charge on any atom is -0.436 e. The molecule has 0 aliphatic heterocycles. The van der Waals surface area contributed by atoms with Gasteiger partial charge in [0.05, 0.1) is 16.9 Å². The van der Waals surface area contributed by atoms with Gasteiger partial charge in [-0.05, 0) is 30.7 Å². The smallest absolute Gasteiger partial charge is 0.238 e. The van der Waals surface area contributed by atoms with Crippen molar-refractivity contribution in [1.82, 2.24) is 15.3 Å². The Balaban J connectivity index is 2.03. The molecule has 0 bridgehead atoms. The van der Waals surface area contributed by atoms with E-state index >= 15 is 0 Å². The molecule has 1 aromatic carbocycles. The van der Waals surface area contributed by atoms with Crippen LogP contribution < -0.4 is 10.1 Å². The zero-order chi connectivity index (χ0) is 15.2. The van der Waals surface area contributed by atoms with Gasteiger partial charge < -0.3 is 10.1 Å². The summed E-state index contributed by atoms with van der Waals surface area (Å²) in [7, 11) is 0. The maximum absolute atomic E-state index is 13.0. The number of ether oxygens (including phenoxy) is 1. The van der Waals surface area contributed by atoms with Crippen LogP contribution in [0, 0.1) is 11.7 Å². The number of benzene rings is 1. The Labute approximate surface area is 128 Å². The second-order valence-electron chi connectivity index (χ2n) is 5.05. The third-order valence-electron chi connectivity index (χ3n) is 2.63. The van der Waals surface area contributed by atoms with Gasteiger partial charge in [0.25, 0.3) is 0 Å². The van der Waals surface area contributed by atoms with Crippen LogP contribution in [0.2, 0.25) is 5.02 Å². The van der Waals surface area contributed by atoms with Gasteiger partial charge in [0.1, 0.15) is 11.6 Å². The maximum atomic E-state index is 13.0. The molecular weight excluding hydrogens is 293 g/mol. The van der Waals surface area contributed by atoms with E-state index in [1.54, 1.807) is 6.20 Å². The van der Waals surface area contributed by atoms with Gasteiger partial charge in [-0.2, -0.15) is 0 Å². The summed E-state index contributed by atoms with van der Waals surface area (Å²) in [4.78, 5) is 8.41. The van der Waals surface area contributed by atoms with Crippen molar-refractivity contribution >= 4 is 11.6 Å². The highest BCUT2D eigenvalue weighted by Crippen LogP contribution is 2.28. The van der Waals surface area contributed by atoms with Crippen molar-refractivity contribution < 1.29 is 9.13 Å². The van der Waals surface area contributed by atoms with Gasteiger partial charge in [-0.15, -0.1) is 0 Å². The van der Waals surface area contributed by atoms with E-state index in [0.29, 0.717) is 24.1 Å². The number of rotatable bonds is 6. The van der Waals surface area contributed by atoms with E-state index in [-0.39, 0.29) is 5.02 Å². The fourth-order valence-corrected chi connectivity index (χ4v) is 1.89. The van der Waals surface area contributed by atoms with Crippen molar-refractivity contribution in [3.05, 3.63) is 47.1 Å². The molecule has 0 spiro atoms. The minimum atomic E-state index is -0.412. The first kappa shape index (κ1) is 15.7. The van der Waals surface area contributed by atoms with Gasteiger partial charge in [-0.3, -0.25) is 4.98 Å². The molecule has 2 aromatic rings. The van der Waals surface area contributed by atoms with Crippen LogP contribution in [0.25, 0.3) is 0 Å². The molecule has 0 aliphatic rings. The van der Waals surface area contributed by atoms with Crippen LogP contribution in [0.4, 0.5) is 4.39 Å². The van der Waals surface area contributed by atoms with E-state index in [9.17, 15) is 4.39 Å². The van der Waals surface area contributed by atoms with Crippen molar-refractivity contribution in [3.63, 3.8) is 0 Å². The van der Waals surface area contributed by atoms with Crippen LogP contribution in [0.15, 0.2) is 30.6 Å². The van der Waals surface area contributed by atoms with Crippen molar-refractivity contribution in [2.75, 3.05) is 6.54 Å². The number of hydrogen-bond donors (Lipinski definition) is 1. The monoisotopic (exact) mass is 309 g/mol. The van der Waals surface area contributed by atoms with Crippen molar-refractivity contribution in [2.45, 2.75) is 20.4 Å². The molecule has 0 unspecified atom stereocenters. The minimum absolute atomic E-state index is 0.195. The molecule has 0 aliphatic carbocycles. The van der Waals surface area contributed by atoms with Crippen molar-refractivity contribution in [3.8, 4) is 11.6 Å². The lowest BCUT2D eigenvalue weighted by atomic mass is 10.2. The third-order valence-corrected chi connectivity index (χ3v) is 2.92. The van der Waals surface area contributed by atoms with Gasteiger partial charge >= 0.3 is 0 Å². The van der Waals surface area contributed by atoms with Crippen molar-refractivity contribution in [1.29, 1.82) is 0 Å². The first-order chi connectivity index (χ1) is 10.0. The second-order valence-corrected chi connectivity index (χ2v) is 5.46. The number of hydrogen-bond acceptors (Lipinski definition) is 4. The highest BCUT2D eigenvalue weighted by Gasteiger charge is 2.07. The summed E-state index contributed by atoms with van der Waals surface area (Å²) in [5, 5.41) is 3.47. The lowest BCUT2D eigenvalue weighted by molar-refractivity contribution is 0.454. The van der Waals surface area contributed by atoms with Gasteiger partial charge in [0.15, 0.2) is 0 Å². The van der Waals surface area contributed by atoms with E-state index in [0.717, 1.165) is 12.2 Å². The topological polar surface area (TPSA) is 47.0 Å². The SMILES string of the molecule is CC(C)CNCc1cncc(Oc2ccc(F)cc2Cl)n1. The number of nitrogens with one attached hydrogen (secondary N) is 1. The zero-order valence-corrected chi connectivity index (χ0v) is 12.7. The van der Waals surface area contributed by atoms with E-state index in [1.807, 2.05) is 0 Å². The first-order valence-corrected chi connectivity index (χ1v) is 7.07. The van der Waals surface area contributed by atoms with Crippen molar-refractivity contribution in [2.24, 2.45) is 5.92 Å². The molecule has 0 amide bonds. The number of aromatic nitrogens is 2. The average Bonchev–Trinajstić information content (AvgIpc) is 2.42. The Hall–Kier alpha value is -1.72. The molecule has 0 saturated carbocycles. The Morgan fingerprint density at radius 3 is 2.86 bits per heavy atom. The Morgan fingerprint density at radius 1 is 1.33 bits per heavy atom. The van der Waals surface area contributed by atoms with E-state index in [1.165, 1.54) is 24.4 Å². The average molecular weight is 310 g/mol. The predicted molar refractivity (Wildman–Crippen MR) is 80.1 cm³/mol. The summed E-state index contributed by atoms with van der Waals surface area (Å²) in [6.45, 7) is 5.78. The fourth-order valence-electron chi connectivity index (χ4n) is 1.68. The third kappa shape index (κ3) is 4.95. The number of nitrogens with zero attached hydrogens (tertiary/aromatic N) is 2. The molecule has 0 saturated heterocycles. The summed E-state index contributed by atoms with van der Waals surface area (Å²) in [6.07, 6.45) is 3.16. The van der Waals surface area contributed by atoms with Gasteiger partial charge in [0, 0.05) is 12.7 Å². The molecule has 0 atom stereocenters. The van der Waals surface area contributed by atoms with Crippen LogP contribution >= 0.6 is 11.6 Å². The molecule has 6 heteroatoms. The summed E-state index contributed by atoms with van der Waals surface area (Å²) in [5.74, 6) is 0.826. The molecule has 112 valence electrons. The zero-order valence-electron chi connectivity index (χ0n) is 11.9. The molecular formula is C15H17ClFN3O. The van der Waals surface area contributed by atoms with Crippen LogP contribution in [-0.4, -0.2) is 16.5 Å². The van der Waals surface area contributed by atoms with Crippen LogP contribution in [0.1, 0.15) is 19.5 Å². The Bertz CT molecular complexity index is 607. The Morgan fingerprint density at radius 2 is 2.14 bits per heavy atom. The second kappa shape index (κ2) is 7.33. The molecule has 1 N–H and O–H groups in total. The molecule has 21 heavy (non-hydrogen) atoms. The molecule has 2 rings (SSSR count). The van der Waals surface area contributed by atoms with Crippen LogP contribution in [-0.2, 0) is 6.54 Å². The molecule has 1 aromatic heterocycles. The van der Waals surface area contributed by atoms with Gasteiger partial charge in [0.2, 0.25) is 5.88 Å². The standard InChI is InChI=1S/C15H17ClFN3O/c1-10(2)6-18-7-12-8-19-9-15(20-12)21-14-4-3-11(17)5-13(14)16/h3-5,8-10,18H,6-7H2,1-2H3. The Kier molecular flexibility index (Phi) is 5.47. The van der Waals surface area contributed by atoms with E-state index in [4.69, 9.17) is 16.3 Å². The molecule has 0 radical (unpaired) electrons. The lowest BCUT2D eigenvalue weighted by Gasteiger charge is -2.09. The maximum Gasteiger partial charge on any atom is 0.238 e. The van der Waals surface area contributed by atoms with Gasteiger partial charge in [-0.25, -0.2) is 9.37 Å². The molecule has 0 fully saturated rings. The quantitative estimate of drug-likeness (QED) is 0.881. The van der Waals surface area contributed by atoms with E-state index < -0.39 is 5.82 Å². The van der Waals surface area contributed by atoms with Crippen LogP contribution in [0.5, 0.6) is 11.6 Å². The normalized spacial score (nSPS) is 10.9. The summed E-state index contributed by atoms with van der Waals surface area (Å²) in [6, 6.07) is 3.93. The largest absolute Gasteiger partial charge is 0.436 e. The lowest BCUT2D eigenvalue weighted by Crippen LogP contribution is -2.19. The molecule has 1 heterocycles. The molecule has 4 nitrogen and oxygen atoms in total. The van der Waals surface area contributed by atoms with Gasteiger partial charge in [-0.1, -0.05) is 25.4 Å². The summed E-state index contributed by atoms with van der Waals surface area (Å²) >= 11 is 5.91. The summed E-state index contributed by atoms with van der Waals surface area (Å²) in [5.41, 5.74) is 0.770. The van der Waals surface area contributed by atoms with Crippen LogP contribution in [0.3, 0.4) is 0 Å². The fraction of sp³-hybridized carbons (Fsp3) is 0.333. The predicted octanol–water partition coefficient (Wildman–Crippen LogP) is 3.81. The highest BCUT2D eigenvalue weighted by molar-refractivity contribution is 6.32.